The normalized spacial score (nSPS) is 14.5. The van der Waals surface area contributed by atoms with Crippen molar-refractivity contribution < 1.29 is 28.9 Å². The number of hydrogen-bond acceptors (Lipinski definition) is 6. The smallest absolute Gasteiger partial charge is 0.335 e. The van der Waals surface area contributed by atoms with Gasteiger partial charge in [-0.3, -0.25) is 4.79 Å². The fraction of sp³-hybridized carbons (Fsp3) is 0.300. The molecule has 0 spiro atoms. The minimum atomic E-state index is -1.46. The summed E-state index contributed by atoms with van der Waals surface area (Å²) in [5.74, 6) is -0.563. The summed E-state index contributed by atoms with van der Waals surface area (Å²) in [6.07, 6.45) is -1.49. The third-order valence-electron chi connectivity index (χ3n) is 4.24. The third-order valence-corrected chi connectivity index (χ3v) is 4.24. The number of esters is 1. The molecule has 6 nitrogen and oxygen atoms in total. The van der Waals surface area contributed by atoms with E-state index >= 15 is 0 Å². The number of benzene rings is 2. The molecule has 136 valence electrons. The number of aliphatic hydroxyl groups is 1. The molecule has 0 aromatic heterocycles. The van der Waals surface area contributed by atoms with Crippen LogP contribution >= 0.6 is 0 Å². The van der Waals surface area contributed by atoms with E-state index in [1.54, 1.807) is 49.4 Å². The number of hydrogen-bond donors (Lipinski definition) is 1. The number of Topliss-reactive ketones (excluding diaryl/α,β-unsaturated/α-hetero) is 1. The number of carbonyl (C=O) groups is 2. The second-order valence-corrected chi connectivity index (χ2v) is 5.91. The van der Waals surface area contributed by atoms with Crippen molar-refractivity contribution in [2.45, 2.75) is 25.4 Å². The summed E-state index contributed by atoms with van der Waals surface area (Å²) in [4.78, 5) is 24.7. The van der Waals surface area contributed by atoms with Crippen molar-refractivity contribution >= 4 is 11.8 Å². The second-order valence-electron chi connectivity index (χ2n) is 5.91. The third kappa shape index (κ3) is 3.86. The van der Waals surface area contributed by atoms with Gasteiger partial charge in [0.15, 0.2) is 23.4 Å². The largest absolute Gasteiger partial charge is 0.464 e. The number of fused-ring (bicyclic) bond motifs is 1. The van der Waals surface area contributed by atoms with E-state index in [1.807, 2.05) is 6.07 Å². The summed E-state index contributed by atoms with van der Waals surface area (Å²) >= 11 is 0. The Bertz CT molecular complexity index is 786. The van der Waals surface area contributed by atoms with Crippen molar-refractivity contribution in [1.82, 2.24) is 0 Å². The average molecular weight is 356 g/mol. The van der Waals surface area contributed by atoms with Crippen LogP contribution < -0.4 is 9.47 Å². The molecule has 0 aliphatic carbocycles. The van der Waals surface area contributed by atoms with E-state index in [-0.39, 0.29) is 25.6 Å². The van der Waals surface area contributed by atoms with Crippen LogP contribution in [0.25, 0.3) is 0 Å². The van der Waals surface area contributed by atoms with Crippen molar-refractivity contribution in [3.8, 4) is 11.5 Å². The topological polar surface area (TPSA) is 82.1 Å². The van der Waals surface area contributed by atoms with Crippen molar-refractivity contribution in [3.63, 3.8) is 0 Å². The Morgan fingerprint density at radius 1 is 1.12 bits per heavy atom. The molecule has 6 heteroatoms. The van der Waals surface area contributed by atoms with Crippen molar-refractivity contribution in [2.24, 2.45) is 0 Å². The molecule has 0 unspecified atom stereocenters. The molecule has 2 atom stereocenters. The van der Waals surface area contributed by atoms with Gasteiger partial charge in [-0.05, 0) is 24.6 Å². The lowest BCUT2D eigenvalue weighted by Gasteiger charge is -2.22. The molecule has 26 heavy (non-hydrogen) atoms. The summed E-state index contributed by atoms with van der Waals surface area (Å²) in [6.45, 7) is 1.93. The van der Waals surface area contributed by atoms with Gasteiger partial charge >= 0.3 is 5.97 Å². The molecule has 1 aliphatic heterocycles. The quantitative estimate of drug-likeness (QED) is 0.607. The van der Waals surface area contributed by atoms with Gasteiger partial charge in [-0.15, -0.1) is 0 Å². The molecule has 1 heterocycles. The number of aliphatic hydroxyl groups excluding tert-OH is 1. The van der Waals surface area contributed by atoms with Crippen LogP contribution in [0, 0.1) is 0 Å². The first-order chi connectivity index (χ1) is 12.6. The van der Waals surface area contributed by atoms with Crippen LogP contribution in [0.3, 0.4) is 0 Å². The first-order valence-electron chi connectivity index (χ1n) is 8.42. The molecule has 1 N–H and O–H groups in total. The highest BCUT2D eigenvalue weighted by atomic mass is 16.7. The van der Waals surface area contributed by atoms with Gasteiger partial charge in [0.1, 0.15) is 0 Å². The van der Waals surface area contributed by atoms with Crippen molar-refractivity contribution in [3.05, 3.63) is 59.7 Å². The first kappa shape index (κ1) is 17.9. The Hall–Kier alpha value is -2.86. The van der Waals surface area contributed by atoms with Crippen LogP contribution in [-0.4, -0.2) is 36.4 Å². The fourth-order valence-corrected chi connectivity index (χ4v) is 2.89. The van der Waals surface area contributed by atoms with Gasteiger partial charge in [-0.2, -0.15) is 0 Å². The molecule has 2 aromatic carbocycles. The molecular weight excluding hydrogens is 336 g/mol. The van der Waals surface area contributed by atoms with E-state index in [9.17, 15) is 14.7 Å². The second kappa shape index (κ2) is 8.01. The zero-order chi connectivity index (χ0) is 18.5. The van der Waals surface area contributed by atoms with Crippen LogP contribution in [0.15, 0.2) is 48.5 Å². The molecule has 2 aromatic rings. The number of carbonyl (C=O) groups excluding carboxylic acids is 2. The van der Waals surface area contributed by atoms with Crippen LogP contribution in [0.1, 0.15) is 35.2 Å². The summed E-state index contributed by atoms with van der Waals surface area (Å²) in [5.41, 5.74) is 1.13. The predicted molar refractivity (Wildman–Crippen MR) is 93.3 cm³/mol. The van der Waals surface area contributed by atoms with Crippen LogP contribution in [0.5, 0.6) is 11.5 Å². The average Bonchev–Trinajstić information content (AvgIpc) is 3.14. The minimum absolute atomic E-state index is 0.0381. The minimum Gasteiger partial charge on any atom is -0.464 e. The molecule has 1 aliphatic rings. The predicted octanol–water partition coefficient (Wildman–Crippen LogP) is 2.70. The van der Waals surface area contributed by atoms with E-state index in [0.717, 1.165) is 0 Å². The van der Waals surface area contributed by atoms with Gasteiger partial charge in [0.25, 0.3) is 0 Å². The van der Waals surface area contributed by atoms with Gasteiger partial charge < -0.3 is 19.3 Å². The van der Waals surface area contributed by atoms with Crippen LogP contribution in [-0.2, 0) is 9.53 Å². The van der Waals surface area contributed by atoms with Crippen molar-refractivity contribution in [2.75, 3.05) is 13.4 Å². The molecule has 0 saturated heterocycles. The lowest BCUT2D eigenvalue weighted by molar-refractivity contribution is -0.154. The Kier molecular flexibility index (Phi) is 5.53. The monoisotopic (exact) mass is 356 g/mol. The van der Waals surface area contributed by atoms with E-state index in [2.05, 4.69) is 0 Å². The Morgan fingerprint density at radius 2 is 1.85 bits per heavy atom. The standard InChI is InChI=1S/C20H20O6/c1-2-24-20(23)19(22)15(11-16(21)13-6-4-3-5-7-13)14-8-9-17-18(10-14)26-12-25-17/h3-10,15,19,22H,2,11-12H2,1H3/t15-,19-/m1/s1. The van der Waals surface area contributed by atoms with Crippen molar-refractivity contribution in [1.29, 1.82) is 0 Å². The zero-order valence-corrected chi connectivity index (χ0v) is 14.4. The molecule has 0 saturated carbocycles. The molecule has 0 fully saturated rings. The fourth-order valence-electron chi connectivity index (χ4n) is 2.89. The summed E-state index contributed by atoms with van der Waals surface area (Å²) in [7, 11) is 0. The van der Waals surface area contributed by atoms with Gasteiger partial charge in [0.05, 0.1) is 6.61 Å². The maximum atomic E-state index is 12.6. The maximum absolute atomic E-state index is 12.6. The van der Waals surface area contributed by atoms with E-state index in [0.29, 0.717) is 22.6 Å². The molecule has 3 rings (SSSR count). The molecular formula is C20H20O6. The highest BCUT2D eigenvalue weighted by molar-refractivity contribution is 5.97. The highest BCUT2D eigenvalue weighted by Gasteiger charge is 2.32. The molecule has 0 bridgehead atoms. The van der Waals surface area contributed by atoms with Gasteiger partial charge in [-0.25, -0.2) is 4.79 Å². The SMILES string of the molecule is CCOC(=O)[C@H](O)[C@H](CC(=O)c1ccccc1)c1ccc2c(c1)OCO2. The van der Waals surface area contributed by atoms with E-state index < -0.39 is 18.0 Å². The summed E-state index contributed by atoms with van der Waals surface area (Å²) in [5, 5.41) is 10.5. The summed E-state index contributed by atoms with van der Waals surface area (Å²) < 4.78 is 15.6. The lowest BCUT2D eigenvalue weighted by atomic mass is 9.87. The molecule has 0 amide bonds. The Morgan fingerprint density at radius 3 is 2.58 bits per heavy atom. The zero-order valence-electron chi connectivity index (χ0n) is 14.4. The Labute approximate surface area is 151 Å². The van der Waals surface area contributed by atoms with Gasteiger partial charge in [0, 0.05) is 17.9 Å². The Balaban J connectivity index is 1.88. The van der Waals surface area contributed by atoms with Gasteiger partial charge in [0.2, 0.25) is 6.79 Å². The van der Waals surface area contributed by atoms with E-state index in [1.165, 1.54) is 0 Å². The van der Waals surface area contributed by atoms with Crippen LogP contribution in [0.2, 0.25) is 0 Å². The summed E-state index contributed by atoms with van der Waals surface area (Å²) in [6, 6.07) is 13.9. The van der Waals surface area contributed by atoms with E-state index in [4.69, 9.17) is 14.2 Å². The van der Waals surface area contributed by atoms with Gasteiger partial charge in [-0.1, -0.05) is 36.4 Å². The first-order valence-corrected chi connectivity index (χ1v) is 8.42. The highest BCUT2D eigenvalue weighted by Crippen LogP contribution is 2.37. The number of ketones is 1. The maximum Gasteiger partial charge on any atom is 0.335 e. The number of ether oxygens (including phenoxy) is 3. The lowest BCUT2D eigenvalue weighted by Crippen LogP contribution is -2.31. The number of rotatable bonds is 7. The van der Waals surface area contributed by atoms with Crippen LogP contribution in [0.4, 0.5) is 0 Å². The molecule has 0 radical (unpaired) electrons.